The van der Waals surface area contributed by atoms with Crippen molar-refractivity contribution in [3.05, 3.63) is 33.3 Å². The Hall–Kier alpha value is -1.87. The molecule has 0 unspecified atom stereocenters. The summed E-state index contributed by atoms with van der Waals surface area (Å²) in [5.74, 6) is -0.809. The van der Waals surface area contributed by atoms with Gasteiger partial charge in [-0.25, -0.2) is 13.2 Å². The van der Waals surface area contributed by atoms with Crippen molar-refractivity contribution < 1.29 is 27.6 Å². The standard InChI is InChI=1S/C12H12ClNO7S/c13-10-5-8(14(16)17)1-2-11(10)20-6-12(15)21-9-3-4-22(18,19)7-9/h1-2,5,9H,3-4,6-7H2/t9-/m0/s1. The van der Waals surface area contributed by atoms with Crippen LogP contribution < -0.4 is 4.74 Å². The molecule has 120 valence electrons. The van der Waals surface area contributed by atoms with Crippen LogP contribution in [0, 0.1) is 10.1 Å². The van der Waals surface area contributed by atoms with E-state index in [0.717, 1.165) is 6.07 Å². The quantitative estimate of drug-likeness (QED) is 0.448. The van der Waals surface area contributed by atoms with Gasteiger partial charge in [0.1, 0.15) is 11.9 Å². The molecule has 2 rings (SSSR count). The lowest BCUT2D eigenvalue weighted by Crippen LogP contribution is -2.23. The van der Waals surface area contributed by atoms with Crippen LogP contribution in [0.15, 0.2) is 18.2 Å². The summed E-state index contributed by atoms with van der Waals surface area (Å²) in [5.41, 5.74) is -0.198. The Kier molecular flexibility index (Phi) is 4.87. The molecule has 1 saturated heterocycles. The summed E-state index contributed by atoms with van der Waals surface area (Å²) in [5, 5.41) is 10.6. The minimum atomic E-state index is -3.13. The highest BCUT2D eigenvalue weighted by Crippen LogP contribution is 2.28. The molecule has 0 saturated carbocycles. The maximum absolute atomic E-state index is 11.6. The fraction of sp³-hybridized carbons (Fsp3) is 0.417. The molecular weight excluding hydrogens is 338 g/mol. The van der Waals surface area contributed by atoms with Crippen molar-refractivity contribution in [2.75, 3.05) is 18.1 Å². The zero-order valence-electron chi connectivity index (χ0n) is 11.2. The first kappa shape index (κ1) is 16.5. The fourth-order valence-electron chi connectivity index (χ4n) is 1.93. The second-order valence-corrected chi connectivity index (χ2v) is 7.31. The minimum absolute atomic E-state index is 0.0000153. The van der Waals surface area contributed by atoms with E-state index in [0.29, 0.717) is 0 Å². The predicted octanol–water partition coefficient (Wildman–Crippen LogP) is 1.36. The number of nitro benzene ring substituents is 1. The number of non-ortho nitro benzene ring substituents is 1. The molecule has 0 radical (unpaired) electrons. The summed E-state index contributed by atoms with van der Waals surface area (Å²) in [4.78, 5) is 21.5. The Morgan fingerprint density at radius 1 is 1.45 bits per heavy atom. The van der Waals surface area contributed by atoms with E-state index in [9.17, 15) is 23.3 Å². The Bertz CT molecular complexity index is 703. The maximum Gasteiger partial charge on any atom is 0.344 e. The lowest BCUT2D eigenvalue weighted by Gasteiger charge is -2.11. The highest BCUT2D eigenvalue weighted by Gasteiger charge is 2.30. The molecule has 1 atom stereocenters. The number of rotatable bonds is 5. The van der Waals surface area contributed by atoms with E-state index in [1.165, 1.54) is 12.1 Å². The molecule has 0 amide bonds. The first-order chi connectivity index (χ1) is 10.3. The highest BCUT2D eigenvalue weighted by molar-refractivity contribution is 7.91. The lowest BCUT2D eigenvalue weighted by molar-refractivity contribution is -0.384. The first-order valence-electron chi connectivity index (χ1n) is 6.23. The number of nitrogens with zero attached hydrogens (tertiary/aromatic N) is 1. The van der Waals surface area contributed by atoms with Gasteiger partial charge in [-0.05, 0) is 12.5 Å². The first-order valence-corrected chi connectivity index (χ1v) is 8.43. The third-order valence-corrected chi connectivity index (χ3v) is 4.99. The molecular formula is C12H12ClNO7S. The van der Waals surface area contributed by atoms with E-state index in [1.54, 1.807) is 0 Å². The third-order valence-electron chi connectivity index (χ3n) is 2.96. The van der Waals surface area contributed by atoms with Crippen LogP contribution in [0.5, 0.6) is 5.75 Å². The number of carbonyl (C=O) groups excluding carboxylic acids is 1. The number of sulfone groups is 1. The van der Waals surface area contributed by atoms with Crippen LogP contribution in [-0.2, 0) is 19.4 Å². The van der Waals surface area contributed by atoms with E-state index < -0.39 is 33.4 Å². The molecule has 0 spiro atoms. The summed E-state index contributed by atoms with van der Waals surface area (Å²) >= 11 is 5.80. The average Bonchev–Trinajstić information content (AvgIpc) is 2.76. The van der Waals surface area contributed by atoms with Crippen LogP contribution in [0.25, 0.3) is 0 Å². The molecule has 1 aromatic rings. The van der Waals surface area contributed by atoms with Gasteiger partial charge in [-0.15, -0.1) is 0 Å². The Morgan fingerprint density at radius 3 is 2.73 bits per heavy atom. The molecule has 0 N–H and O–H groups in total. The van der Waals surface area contributed by atoms with Gasteiger partial charge in [0, 0.05) is 12.1 Å². The van der Waals surface area contributed by atoms with Crippen LogP contribution in [0.1, 0.15) is 6.42 Å². The molecule has 0 aliphatic carbocycles. The number of carbonyl (C=O) groups is 1. The van der Waals surface area contributed by atoms with E-state index in [2.05, 4.69) is 0 Å². The van der Waals surface area contributed by atoms with Gasteiger partial charge in [-0.1, -0.05) is 11.6 Å². The molecule has 1 heterocycles. The van der Waals surface area contributed by atoms with Gasteiger partial charge < -0.3 is 9.47 Å². The Morgan fingerprint density at radius 2 is 2.18 bits per heavy atom. The summed E-state index contributed by atoms with van der Waals surface area (Å²) in [7, 11) is -3.13. The van der Waals surface area contributed by atoms with Crippen molar-refractivity contribution in [3.8, 4) is 5.75 Å². The lowest BCUT2D eigenvalue weighted by atomic mass is 10.3. The maximum atomic E-state index is 11.6. The van der Waals surface area contributed by atoms with Crippen LogP contribution in [0.3, 0.4) is 0 Å². The SMILES string of the molecule is O=C(COc1ccc([N+](=O)[O-])cc1Cl)O[C@H]1CCS(=O)(=O)C1. The molecule has 0 aromatic heterocycles. The van der Waals surface area contributed by atoms with Gasteiger partial charge in [0.25, 0.3) is 5.69 Å². The average molecular weight is 350 g/mol. The monoisotopic (exact) mass is 349 g/mol. The zero-order valence-corrected chi connectivity index (χ0v) is 12.8. The van der Waals surface area contributed by atoms with E-state index in [-0.39, 0.29) is 34.4 Å². The number of ether oxygens (including phenoxy) is 2. The molecule has 10 heteroatoms. The minimum Gasteiger partial charge on any atom is -0.480 e. The van der Waals surface area contributed by atoms with Crippen LogP contribution >= 0.6 is 11.6 Å². The van der Waals surface area contributed by atoms with Gasteiger partial charge in [0.15, 0.2) is 16.4 Å². The molecule has 22 heavy (non-hydrogen) atoms. The van der Waals surface area contributed by atoms with E-state index in [1.807, 2.05) is 0 Å². The summed E-state index contributed by atoms with van der Waals surface area (Å²) in [6.07, 6.45) is -0.389. The third kappa shape index (κ3) is 4.31. The predicted molar refractivity (Wildman–Crippen MR) is 76.8 cm³/mol. The zero-order chi connectivity index (χ0) is 16.3. The van der Waals surface area contributed by atoms with Crippen molar-refractivity contribution >= 4 is 33.1 Å². The highest BCUT2D eigenvalue weighted by atomic mass is 35.5. The molecule has 1 fully saturated rings. The fourth-order valence-corrected chi connectivity index (χ4v) is 3.75. The Balaban J connectivity index is 1.88. The van der Waals surface area contributed by atoms with Gasteiger partial charge in [-0.3, -0.25) is 10.1 Å². The molecule has 1 aliphatic rings. The van der Waals surface area contributed by atoms with Gasteiger partial charge >= 0.3 is 5.97 Å². The van der Waals surface area contributed by atoms with Crippen molar-refractivity contribution in [1.82, 2.24) is 0 Å². The second-order valence-electron chi connectivity index (χ2n) is 4.68. The number of nitro groups is 1. The topological polar surface area (TPSA) is 113 Å². The van der Waals surface area contributed by atoms with Crippen LogP contribution in [0.2, 0.25) is 5.02 Å². The van der Waals surface area contributed by atoms with Crippen LogP contribution in [0.4, 0.5) is 5.69 Å². The van der Waals surface area contributed by atoms with Gasteiger partial charge in [0.05, 0.1) is 21.5 Å². The number of hydrogen-bond acceptors (Lipinski definition) is 7. The van der Waals surface area contributed by atoms with E-state index in [4.69, 9.17) is 21.1 Å². The Labute approximate surface area is 131 Å². The number of halogens is 1. The number of hydrogen-bond donors (Lipinski definition) is 0. The number of esters is 1. The van der Waals surface area contributed by atoms with E-state index >= 15 is 0 Å². The molecule has 8 nitrogen and oxygen atoms in total. The molecule has 1 aromatic carbocycles. The van der Waals surface area contributed by atoms with Crippen molar-refractivity contribution in [1.29, 1.82) is 0 Å². The normalized spacial score (nSPS) is 19.6. The molecule has 1 aliphatic heterocycles. The van der Waals surface area contributed by atoms with Crippen molar-refractivity contribution in [2.24, 2.45) is 0 Å². The van der Waals surface area contributed by atoms with Gasteiger partial charge in [0.2, 0.25) is 0 Å². The summed E-state index contributed by atoms with van der Waals surface area (Å²) in [6, 6.07) is 3.57. The molecule has 0 bridgehead atoms. The van der Waals surface area contributed by atoms with Gasteiger partial charge in [-0.2, -0.15) is 0 Å². The van der Waals surface area contributed by atoms with Crippen LogP contribution in [-0.4, -0.2) is 43.5 Å². The van der Waals surface area contributed by atoms with Crippen molar-refractivity contribution in [3.63, 3.8) is 0 Å². The second kappa shape index (κ2) is 6.49. The summed E-state index contributed by atoms with van der Waals surface area (Å²) < 4.78 is 32.6. The smallest absolute Gasteiger partial charge is 0.344 e. The van der Waals surface area contributed by atoms with Crippen molar-refractivity contribution in [2.45, 2.75) is 12.5 Å². The summed E-state index contributed by atoms with van der Waals surface area (Å²) in [6.45, 7) is -0.464. The largest absolute Gasteiger partial charge is 0.480 e. The number of benzene rings is 1.